The predicted octanol–water partition coefficient (Wildman–Crippen LogP) is 5.34. The summed E-state index contributed by atoms with van der Waals surface area (Å²) < 4.78 is 19.2. The third kappa shape index (κ3) is 3.16. The van der Waals surface area contributed by atoms with E-state index < -0.39 is 29.3 Å². The minimum Gasteiger partial charge on any atom is -0.451 e. The highest BCUT2D eigenvalue weighted by Gasteiger charge is 2.73. The van der Waals surface area contributed by atoms with E-state index in [-0.39, 0.29) is 40.6 Å². The number of Topliss-reactive ketones (excluding diaryl/α,β-unsaturated/α-hetero) is 1. The van der Waals surface area contributed by atoms with Crippen molar-refractivity contribution in [2.45, 2.75) is 117 Å². The molecule has 37 heavy (non-hydrogen) atoms. The van der Waals surface area contributed by atoms with Crippen molar-refractivity contribution in [3.8, 4) is 0 Å². The van der Waals surface area contributed by atoms with Crippen LogP contribution in [-0.4, -0.2) is 41.5 Å². The minimum absolute atomic E-state index is 0.00111. The molecule has 6 rings (SSSR count). The van der Waals surface area contributed by atoms with Gasteiger partial charge in [-0.25, -0.2) is 0 Å². The average Bonchev–Trinajstić information content (AvgIpc) is 3.49. The molecule has 0 N–H and O–H groups in total. The van der Waals surface area contributed by atoms with E-state index in [0.717, 1.165) is 32.1 Å². The van der Waals surface area contributed by atoms with Gasteiger partial charge in [0.25, 0.3) is 0 Å². The smallest absolute Gasteiger partial charge is 0.451 e. The Morgan fingerprint density at radius 2 is 1.54 bits per heavy atom. The van der Waals surface area contributed by atoms with Crippen LogP contribution in [0.5, 0.6) is 0 Å². The van der Waals surface area contributed by atoms with Crippen LogP contribution in [0.1, 0.15) is 93.9 Å². The van der Waals surface area contributed by atoms with Crippen LogP contribution >= 0.6 is 0 Å². The third-order valence-electron chi connectivity index (χ3n) is 12.6. The van der Waals surface area contributed by atoms with Crippen molar-refractivity contribution in [1.82, 2.24) is 0 Å². The number of hydrogen-bond acceptors (Lipinski definition) is 6. The summed E-state index contributed by atoms with van der Waals surface area (Å²) in [5.74, 6) is 1.49. The van der Waals surface area contributed by atoms with E-state index in [2.05, 4.69) is 41.5 Å². The maximum Gasteiger partial charge on any atom is 0.465 e. The van der Waals surface area contributed by atoms with Gasteiger partial charge >= 0.3 is 13.1 Å². The predicted molar refractivity (Wildman–Crippen MR) is 139 cm³/mol. The van der Waals surface area contributed by atoms with E-state index in [1.165, 1.54) is 12.5 Å². The lowest BCUT2D eigenvalue weighted by molar-refractivity contribution is -0.187. The Kier molecular flexibility index (Phi) is 5.29. The van der Waals surface area contributed by atoms with E-state index in [9.17, 15) is 14.4 Å². The number of rotatable bonds is 3. The second-order valence-electron chi connectivity index (χ2n) is 14.5. The Labute approximate surface area is 221 Å². The van der Waals surface area contributed by atoms with Crippen LogP contribution in [0.3, 0.4) is 0 Å². The highest BCUT2D eigenvalue weighted by molar-refractivity contribution is 6.48. The van der Waals surface area contributed by atoms with Crippen molar-refractivity contribution in [2.75, 3.05) is 0 Å². The molecule has 1 unspecified atom stereocenters. The maximum atomic E-state index is 13.2. The molecule has 5 aliphatic carbocycles. The normalized spacial score (nSPS) is 48.8. The second-order valence-corrected chi connectivity index (χ2v) is 14.5. The SMILES string of the molecule is CC(=O)O[C@]1(C(C)=O)CC[C@H]2[C@@H]3CC(B4OC(C)(C)C(C)(C)O4)C4=CC(=O)[C@@H]5C[C@@H]5[C@]4(C)[C@H]3CC[C@@]21C. The van der Waals surface area contributed by atoms with Gasteiger partial charge in [-0.3, -0.25) is 14.4 Å². The largest absolute Gasteiger partial charge is 0.465 e. The molecular weight excluding hydrogens is 467 g/mol. The van der Waals surface area contributed by atoms with Crippen LogP contribution < -0.4 is 0 Å². The van der Waals surface area contributed by atoms with Gasteiger partial charge in [0.05, 0.1) is 11.2 Å². The van der Waals surface area contributed by atoms with Gasteiger partial charge in [-0.15, -0.1) is 0 Å². The minimum atomic E-state index is -1.05. The number of hydrogen-bond donors (Lipinski definition) is 0. The molecule has 5 fully saturated rings. The first-order valence-electron chi connectivity index (χ1n) is 14.4. The van der Waals surface area contributed by atoms with E-state index in [1.54, 1.807) is 6.92 Å². The molecule has 0 aromatic heterocycles. The molecule has 0 amide bonds. The van der Waals surface area contributed by atoms with Gasteiger partial charge in [-0.05, 0) is 108 Å². The average molecular weight is 510 g/mol. The Morgan fingerprint density at radius 3 is 2.14 bits per heavy atom. The monoisotopic (exact) mass is 510 g/mol. The quantitative estimate of drug-likeness (QED) is 0.377. The molecule has 0 spiro atoms. The molecule has 0 aromatic carbocycles. The number of carbonyl (C=O) groups excluding carboxylic acids is 3. The van der Waals surface area contributed by atoms with Crippen molar-refractivity contribution in [3.05, 3.63) is 11.6 Å². The number of allylic oxidation sites excluding steroid dienone is 1. The van der Waals surface area contributed by atoms with Crippen LogP contribution in [0.25, 0.3) is 0 Å². The zero-order chi connectivity index (χ0) is 26.9. The molecule has 1 aliphatic heterocycles. The van der Waals surface area contributed by atoms with Crippen molar-refractivity contribution < 1.29 is 28.4 Å². The summed E-state index contributed by atoms with van der Waals surface area (Å²) in [4.78, 5) is 38.5. The maximum absolute atomic E-state index is 13.2. The van der Waals surface area contributed by atoms with Crippen molar-refractivity contribution in [1.29, 1.82) is 0 Å². The zero-order valence-corrected chi connectivity index (χ0v) is 23.8. The molecule has 4 saturated carbocycles. The molecule has 1 saturated heterocycles. The van der Waals surface area contributed by atoms with E-state index in [1.807, 2.05) is 6.08 Å². The third-order valence-corrected chi connectivity index (χ3v) is 12.6. The number of ether oxygens (including phenoxy) is 1. The fourth-order valence-electron chi connectivity index (χ4n) is 9.95. The topological polar surface area (TPSA) is 78.9 Å². The Morgan fingerprint density at radius 1 is 0.919 bits per heavy atom. The summed E-state index contributed by atoms with van der Waals surface area (Å²) in [6.07, 6.45) is 7.14. The molecule has 7 heteroatoms. The highest BCUT2D eigenvalue weighted by Crippen LogP contribution is 2.74. The van der Waals surface area contributed by atoms with Crippen LogP contribution in [0, 0.1) is 40.4 Å². The zero-order valence-electron chi connectivity index (χ0n) is 23.8. The fourth-order valence-corrected chi connectivity index (χ4v) is 9.95. The number of esters is 1. The van der Waals surface area contributed by atoms with Crippen molar-refractivity contribution in [3.63, 3.8) is 0 Å². The molecule has 0 bridgehead atoms. The van der Waals surface area contributed by atoms with Crippen LogP contribution in [0.15, 0.2) is 11.6 Å². The summed E-state index contributed by atoms with van der Waals surface area (Å²) in [6.45, 7) is 16.0. The Hall–Kier alpha value is -1.47. The molecule has 6 nitrogen and oxygen atoms in total. The first kappa shape index (κ1) is 25.8. The van der Waals surface area contributed by atoms with Crippen LogP contribution in [0.4, 0.5) is 0 Å². The van der Waals surface area contributed by atoms with Gasteiger partial charge in [0.2, 0.25) is 0 Å². The summed E-state index contributed by atoms with van der Waals surface area (Å²) in [5, 5.41) is 0. The Bertz CT molecular complexity index is 1090. The molecule has 0 aromatic rings. The van der Waals surface area contributed by atoms with E-state index in [0.29, 0.717) is 24.2 Å². The first-order chi connectivity index (χ1) is 17.1. The van der Waals surface area contributed by atoms with Crippen molar-refractivity contribution in [2.24, 2.45) is 40.4 Å². The summed E-state index contributed by atoms with van der Waals surface area (Å²) in [7, 11) is -0.403. The van der Waals surface area contributed by atoms with Gasteiger partial charge in [-0.2, -0.15) is 0 Å². The lowest BCUT2D eigenvalue weighted by Crippen LogP contribution is -2.60. The van der Waals surface area contributed by atoms with Gasteiger partial charge in [0, 0.05) is 24.1 Å². The standard InChI is InChI=1S/C30H43BO6/c1-16(32)30(35-17(2)33)12-10-20-18-14-24(31-36-26(3,4)27(5,6)37-31)23-15-25(34)19-13-22(19)29(23,8)21(18)9-11-28(20,30)7/h15,18-22,24H,9-14H2,1-8H3/t18-,19+,20-,21-,22-,24?,28-,29-,30-/m0/s1. The molecular formula is C30H43BO6. The lowest BCUT2D eigenvalue weighted by atomic mass is 9.40. The Balaban J connectivity index is 1.43. The number of carbonyl (C=O) groups is 3. The molecule has 202 valence electrons. The van der Waals surface area contributed by atoms with Gasteiger partial charge in [0.15, 0.2) is 17.2 Å². The van der Waals surface area contributed by atoms with Crippen LogP contribution in [-0.2, 0) is 28.4 Å². The lowest BCUT2D eigenvalue weighted by Gasteiger charge is -2.61. The summed E-state index contributed by atoms with van der Waals surface area (Å²) in [6, 6.07) is 0. The fraction of sp³-hybridized carbons (Fsp3) is 0.833. The first-order valence-corrected chi connectivity index (χ1v) is 14.4. The van der Waals surface area contributed by atoms with Gasteiger partial charge < -0.3 is 14.0 Å². The highest BCUT2D eigenvalue weighted by atomic mass is 16.7. The number of ketones is 2. The van der Waals surface area contributed by atoms with Gasteiger partial charge in [-0.1, -0.05) is 19.4 Å². The van der Waals surface area contributed by atoms with Crippen molar-refractivity contribution >= 4 is 24.7 Å². The van der Waals surface area contributed by atoms with E-state index in [4.69, 9.17) is 14.0 Å². The summed E-state index contributed by atoms with van der Waals surface area (Å²) in [5.41, 5.74) is -1.15. The van der Waals surface area contributed by atoms with Gasteiger partial charge in [0.1, 0.15) is 0 Å². The molecule has 6 aliphatic rings. The van der Waals surface area contributed by atoms with E-state index >= 15 is 0 Å². The summed E-state index contributed by atoms with van der Waals surface area (Å²) >= 11 is 0. The second kappa shape index (κ2) is 7.59. The molecule has 9 atom stereocenters. The molecule has 0 radical (unpaired) electrons. The van der Waals surface area contributed by atoms with Crippen LogP contribution in [0.2, 0.25) is 5.82 Å². The number of fused-ring (bicyclic) bond motifs is 7. The molecule has 1 heterocycles.